The van der Waals surface area contributed by atoms with Crippen LogP contribution in [-0.4, -0.2) is 83.8 Å². The van der Waals surface area contributed by atoms with Gasteiger partial charge in [-0.3, -0.25) is 19.3 Å². The lowest BCUT2D eigenvalue weighted by Gasteiger charge is -2.41. The molecule has 158 valence electrons. The van der Waals surface area contributed by atoms with Gasteiger partial charge in [0.2, 0.25) is 17.7 Å². The number of amides is 3. The Balaban J connectivity index is 1.49. The Hall–Kier alpha value is -1.63. The molecule has 1 N–H and O–H groups in total. The number of piperazine rings is 1. The molecule has 0 aromatic heterocycles. The first kappa shape index (κ1) is 21.1. The molecule has 1 saturated carbocycles. The van der Waals surface area contributed by atoms with E-state index in [0.29, 0.717) is 25.7 Å². The van der Waals surface area contributed by atoms with Crippen LogP contribution in [0.25, 0.3) is 0 Å². The molecule has 0 spiro atoms. The number of carbonyl (C=O) groups excluding carboxylic acids is 3. The molecule has 7 heteroatoms. The quantitative estimate of drug-likeness (QED) is 0.777. The second-order valence-electron chi connectivity index (χ2n) is 9.66. The number of likely N-dealkylation sites (tertiary alicyclic amines) is 1. The first-order valence-corrected chi connectivity index (χ1v) is 10.8. The molecule has 2 saturated heterocycles. The monoisotopic (exact) mass is 392 g/mol. The molecule has 2 heterocycles. The fourth-order valence-electron chi connectivity index (χ4n) is 4.14. The molecule has 3 amide bonds. The summed E-state index contributed by atoms with van der Waals surface area (Å²) >= 11 is 0. The summed E-state index contributed by atoms with van der Waals surface area (Å²) in [5, 5.41) is 3.07. The lowest BCUT2D eigenvalue weighted by atomic mass is 9.90. The summed E-state index contributed by atoms with van der Waals surface area (Å²) in [6, 6.07) is 0.232. The number of nitrogens with one attached hydrogen (secondary N) is 1. The number of nitrogens with zero attached hydrogens (tertiary/aromatic N) is 3. The summed E-state index contributed by atoms with van der Waals surface area (Å²) in [4.78, 5) is 43.8. The average Bonchev–Trinajstić information content (AvgIpc) is 3.49. The van der Waals surface area contributed by atoms with Crippen LogP contribution in [0.5, 0.6) is 0 Å². The van der Waals surface area contributed by atoms with E-state index in [4.69, 9.17) is 0 Å². The number of hydrogen-bond acceptors (Lipinski definition) is 4. The molecule has 3 rings (SSSR count). The van der Waals surface area contributed by atoms with Gasteiger partial charge in [-0.2, -0.15) is 0 Å². The van der Waals surface area contributed by atoms with Gasteiger partial charge in [0.25, 0.3) is 0 Å². The van der Waals surface area contributed by atoms with Crippen LogP contribution in [0.15, 0.2) is 0 Å². The van der Waals surface area contributed by atoms with Gasteiger partial charge in [-0.15, -0.1) is 0 Å². The van der Waals surface area contributed by atoms with Crippen LogP contribution in [0.2, 0.25) is 0 Å². The van der Waals surface area contributed by atoms with Crippen molar-refractivity contribution in [3.63, 3.8) is 0 Å². The van der Waals surface area contributed by atoms with Gasteiger partial charge in [0.05, 0.1) is 12.0 Å². The Morgan fingerprint density at radius 1 is 0.929 bits per heavy atom. The third kappa shape index (κ3) is 5.04. The Morgan fingerprint density at radius 2 is 1.57 bits per heavy atom. The van der Waals surface area contributed by atoms with Gasteiger partial charge >= 0.3 is 0 Å². The van der Waals surface area contributed by atoms with E-state index in [2.05, 4.69) is 10.2 Å². The van der Waals surface area contributed by atoms with Crippen molar-refractivity contribution in [3.8, 4) is 0 Å². The van der Waals surface area contributed by atoms with E-state index in [1.54, 1.807) is 0 Å². The van der Waals surface area contributed by atoms with Gasteiger partial charge in [-0.1, -0.05) is 20.8 Å². The van der Waals surface area contributed by atoms with Crippen molar-refractivity contribution >= 4 is 17.7 Å². The van der Waals surface area contributed by atoms with Crippen molar-refractivity contribution in [1.29, 1.82) is 0 Å². The molecule has 3 fully saturated rings. The van der Waals surface area contributed by atoms with Crippen molar-refractivity contribution in [2.45, 2.75) is 65.5 Å². The predicted octanol–water partition coefficient (Wildman–Crippen LogP) is 1.08. The topological polar surface area (TPSA) is 73.0 Å². The van der Waals surface area contributed by atoms with Crippen LogP contribution < -0.4 is 5.32 Å². The third-order valence-corrected chi connectivity index (χ3v) is 6.18. The molecular formula is C21H36N4O3. The van der Waals surface area contributed by atoms with Crippen LogP contribution in [-0.2, 0) is 14.4 Å². The zero-order chi connectivity index (χ0) is 20.5. The van der Waals surface area contributed by atoms with E-state index in [0.717, 1.165) is 45.3 Å². The second kappa shape index (κ2) is 8.39. The molecule has 7 nitrogen and oxygen atoms in total. The molecule has 0 aromatic rings. The minimum Gasteiger partial charge on any atom is -0.352 e. The number of carbonyl (C=O) groups is 3. The number of rotatable bonds is 4. The van der Waals surface area contributed by atoms with Gasteiger partial charge < -0.3 is 15.1 Å². The molecule has 1 aliphatic carbocycles. The van der Waals surface area contributed by atoms with E-state index in [9.17, 15) is 14.4 Å². The molecule has 3 aliphatic rings. The summed E-state index contributed by atoms with van der Waals surface area (Å²) < 4.78 is 0. The molecule has 2 unspecified atom stereocenters. The summed E-state index contributed by atoms with van der Waals surface area (Å²) in [7, 11) is 0. The molecule has 2 atom stereocenters. The van der Waals surface area contributed by atoms with E-state index in [-0.39, 0.29) is 29.7 Å². The average molecular weight is 393 g/mol. The Labute approximate surface area is 168 Å². The second-order valence-corrected chi connectivity index (χ2v) is 9.66. The van der Waals surface area contributed by atoms with Crippen LogP contribution in [0.4, 0.5) is 0 Å². The van der Waals surface area contributed by atoms with Crippen molar-refractivity contribution in [2.75, 3.05) is 39.3 Å². The highest BCUT2D eigenvalue weighted by atomic mass is 16.2. The van der Waals surface area contributed by atoms with Gasteiger partial charge in [-0.05, 0) is 32.6 Å². The van der Waals surface area contributed by atoms with Crippen LogP contribution in [0.3, 0.4) is 0 Å². The van der Waals surface area contributed by atoms with Crippen molar-refractivity contribution < 1.29 is 14.4 Å². The lowest BCUT2D eigenvalue weighted by Crippen LogP contribution is -2.57. The summed E-state index contributed by atoms with van der Waals surface area (Å²) in [6.45, 7) is 11.8. The van der Waals surface area contributed by atoms with Gasteiger partial charge in [0.1, 0.15) is 0 Å². The molecule has 0 bridgehead atoms. The Kier molecular flexibility index (Phi) is 6.32. The maximum Gasteiger partial charge on any atom is 0.237 e. The summed E-state index contributed by atoms with van der Waals surface area (Å²) in [5.74, 6) is 0.305. The van der Waals surface area contributed by atoms with Crippen molar-refractivity contribution in [3.05, 3.63) is 0 Å². The maximum absolute atomic E-state index is 13.0. The predicted molar refractivity (Wildman–Crippen MR) is 108 cm³/mol. The van der Waals surface area contributed by atoms with Crippen LogP contribution >= 0.6 is 0 Å². The Bertz CT molecular complexity index is 603. The SMILES string of the molecule is CC(C(=O)NC1CC1)N1CCN(C(=O)C2CCCN(C(=O)C(C)(C)C)C2)CC1. The lowest BCUT2D eigenvalue weighted by molar-refractivity contribution is -0.146. The van der Waals surface area contributed by atoms with E-state index in [1.807, 2.05) is 37.5 Å². The fourth-order valence-corrected chi connectivity index (χ4v) is 4.14. The molecule has 0 radical (unpaired) electrons. The standard InChI is InChI=1S/C21H36N4O3/c1-15(18(26)22-17-7-8-17)23-10-12-24(13-11-23)19(27)16-6-5-9-25(14-16)20(28)21(2,3)4/h15-17H,5-14H2,1-4H3,(H,22,26). The van der Waals surface area contributed by atoms with E-state index in [1.165, 1.54) is 0 Å². The third-order valence-electron chi connectivity index (χ3n) is 6.18. The first-order chi connectivity index (χ1) is 13.2. The highest BCUT2D eigenvalue weighted by Crippen LogP contribution is 2.25. The summed E-state index contributed by atoms with van der Waals surface area (Å²) in [6.07, 6.45) is 3.93. The smallest absolute Gasteiger partial charge is 0.237 e. The van der Waals surface area contributed by atoms with Gasteiger partial charge in [0, 0.05) is 50.7 Å². The first-order valence-electron chi connectivity index (χ1n) is 10.8. The van der Waals surface area contributed by atoms with Crippen molar-refractivity contribution in [1.82, 2.24) is 20.0 Å². The number of hydrogen-bond donors (Lipinski definition) is 1. The normalized spacial score (nSPS) is 25.4. The summed E-state index contributed by atoms with van der Waals surface area (Å²) in [5.41, 5.74) is -0.409. The molecular weight excluding hydrogens is 356 g/mol. The van der Waals surface area contributed by atoms with E-state index < -0.39 is 5.41 Å². The number of piperidine rings is 1. The highest BCUT2D eigenvalue weighted by Gasteiger charge is 2.36. The molecule has 2 aliphatic heterocycles. The van der Waals surface area contributed by atoms with Gasteiger partial charge in [-0.25, -0.2) is 0 Å². The Morgan fingerprint density at radius 3 is 2.14 bits per heavy atom. The zero-order valence-corrected chi connectivity index (χ0v) is 17.9. The van der Waals surface area contributed by atoms with E-state index >= 15 is 0 Å². The minimum absolute atomic E-state index is 0.0952. The van der Waals surface area contributed by atoms with Crippen LogP contribution in [0, 0.1) is 11.3 Å². The van der Waals surface area contributed by atoms with Gasteiger partial charge in [0.15, 0.2) is 0 Å². The molecule has 28 heavy (non-hydrogen) atoms. The zero-order valence-electron chi connectivity index (χ0n) is 17.9. The van der Waals surface area contributed by atoms with Crippen molar-refractivity contribution in [2.24, 2.45) is 11.3 Å². The largest absolute Gasteiger partial charge is 0.352 e. The fraction of sp³-hybridized carbons (Fsp3) is 0.857. The van der Waals surface area contributed by atoms with Crippen LogP contribution in [0.1, 0.15) is 53.4 Å². The molecule has 0 aromatic carbocycles. The maximum atomic E-state index is 13.0. The highest BCUT2D eigenvalue weighted by molar-refractivity contribution is 5.84. The minimum atomic E-state index is -0.409.